The summed E-state index contributed by atoms with van der Waals surface area (Å²) in [7, 11) is 0. The van der Waals surface area contributed by atoms with Gasteiger partial charge in [0, 0.05) is 6.04 Å². The second-order valence-electron chi connectivity index (χ2n) is 3.71. The van der Waals surface area contributed by atoms with Crippen LogP contribution in [0.4, 0.5) is 0 Å². The van der Waals surface area contributed by atoms with E-state index >= 15 is 0 Å². The molecule has 0 spiro atoms. The molecule has 1 N–H and O–H groups in total. The van der Waals surface area contributed by atoms with Crippen molar-refractivity contribution in [3.63, 3.8) is 0 Å². The number of carbonyl (C=O) groups excluding carboxylic acids is 1. The number of halogens is 1. The first kappa shape index (κ1) is 13.2. The van der Waals surface area contributed by atoms with Gasteiger partial charge in [0.15, 0.2) is 5.76 Å². The van der Waals surface area contributed by atoms with Crippen LogP contribution >= 0.6 is 12.4 Å². The summed E-state index contributed by atoms with van der Waals surface area (Å²) in [6.07, 6.45) is 3.82. The Hall–Kier alpha value is -0.840. The third kappa shape index (κ3) is 3.63. The van der Waals surface area contributed by atoms with Crippen molar-refractivity contribution in [2.24, 2.45) is 0 Å². The highest BCUT2D eigenvalue weighted by molar-refractivity contribution is 5.94. The normalized spacial score (nSPS) is 19.4. The lowest BCUT2D eigenvalue weighted by atomic mass is 10.2. The van der Waals surface area contributed by atoms with Gasteiger partial charge >= 0.3 is 0 Å². The van der Waals surface area contributed by atoms with Gasteiger partial charge in [-0.3, -0.25) is 4.79 Å². The highest BCUT2D eigenvalue weighted by atomic mass is 35.5. The van der Waals surface area contributed by atoms with E-state index in [9.17, 15) is 4.79 Å². The number of Topliss-reactive ketones (excluding diaryl/α,β-unsaturated/α-hetero) is 1. The summed E-state index contributed by atoms with van der Waals surface area (Å²) in [5, 5.41) is 3.31. The Bertz CT molecular complexity index is 307. The van der Waals surface area contributed by atoms with E-state index in [2.05, 4.69) is 5.32 Å². The number of hydrogen-bond donors (Lipinski definition) is 1. The minimum absolute atomic E-state index is 0. The molecule has 1 saturated heterocycles. The summed E-state index contributed by atoms with van der Waals surface area (Å²) in [4.78, 5) is 11.4. The second-order valence-corrected chi connectivity index (χ2v) is 3.71. The van der Waals surface area contributed by atoms with Gasteiger partial charge in [-0.25, -0.2) is 0 Å². The van der Waals surface area contributed by atoms with Crippen molar-refractivity contribution >= 4 is 18.2 Å². The molecule has 0 aliphatic carbocycles. The Morgan fingerprint density at radius 3 is 3.12 bits per heavy atom. The molecule has 1 aliphatic rings. The van der Waals surface area contributed by atoms with Crippen LogP contribution in [0.3, 0.4) is 0 Å². The van der Waals surface area contributed by atoms with Crippen molar-refractivity contribution < 1.29 is 13.9 Å². The van der Waals surface area contributed by atoms with E-state index < -0.39 is 0 Å². The molecule has 1 aromatic rings. The van der Waals surface area contributed by atoms with Crippen LogP contribution in [0.5, 0.6) is 0 Å². The summed E-state index contributed by atoms with van der Waals surface area (Å²) in [6, 6.07) is 3.76. The number of ether oxygens (including phenoxy) is 1. The van der Waals surface area contributed by atoms with E-state index in [0.717, 1.165) is 13.0 Å². The summed E-state index contributed by atoms with van der Waals surface area (Å²) < 4.78 is 10.3. The molecule has 1 aliphatic heterocycles. The molecule has 1 atom stereocenters. The molecule has 0 radical (unpaired) electrons. The zero-order chi connectivity index (χ0) is 10.5. The average Bonchev–Trinajstić information content (AvgIpc) is 2.90. The lowest BCUT2D eigenvalue weighted by Gasteiger charge is -2.09. The van der Waals surface area contributed by atoms with Gasteiger partial charge < -0.3 is 14.5 Å². The molecule has 0 saturated carbocycles. The number of hydrogen-bond acceptors (Lipinski definition) is 4. The molecule has 5 heteroatoms. The minimum Gasteiger partial charge on any atom is -0.461 e. The topological polar surface area (TPSA) is 51.5 Å². The van der Waals surface area contributed by atoms with Gasteiger partial charge in [0.1, 0.15) is 6.61 Å². The Kier molecular flexibility index (Phi) is 5.52. The standard InChI is InChI=1S/C11H15NO3.ClH/c13-10(11-4-2-6-15-11)8-14-7-9-3-1-5-12-9;/h2,4,6,9,12H,1,3,5,7-8H2;1H. The Labute approximate surface area is 101 Å². The van der Waals surface area contributed by atoms with Crippen LogP contribution in [0.2, 0.25) is 0 Å². The third-order valence-corrected chi connectivity index (χ3v) is 2.51. The monoisotopic (exact) mass is 245 g/mol. The maximum Gasteiger partial charge on any atom is 0.223 e. The molecule has 2 heterocycles. The zero-order valence-electron chi connectivity index (χ0n) is 8.98. The summed E-state index contributed by atoms with van der Waals surface area (Å²) in [5.41, 5.74) is 0. The number of rotatable bonds is 5. The van der Waals surface area contributed by atoms with Crippen LogP contribution in [0.25, 0.3) is 0 Å². The number of carbonyl (C=O) groups is 1. The van der Waals surface area contributed by atoms with E-state index in [1.54, 1.807) is 12.1 Å². The second kappa shape index (κ2) is 6.68. The SMILES string of the molecule is Cl.O=C(COCC1CCCN1)c1ccco1. The van der Waals surface area contributed by atoms with Crippen LogP contribution < -0.4 is 5.32 Å². The van der Waals surface area contributed by atoms with E-state index in [1.165, 1.54) is 12.7 Å². The average molecular weight is 246 g/mol. The molecule has 16 heavy (non-hydrogen) atoms. The van der Waals surface area contributed by atoms with Gasteiger partial charge in [-0.05, 0) is 31.5 Å². The highest BCUT2D eigenvalue weighted by Gasteiger charge is 2.15. The summed E-state index contributed by atoms with van der Waals surface area (Å²) in [6.45, 7) is 1.76. The van der Waals surface area contributed by atoms with E-state index in [-0.39, 0.29) is 24.8 Å². The number of ketones is 1. The fourth-order valence-electron chi connectivity index (χ4n) is 1.70. The fraction of sp³-hybridized carbons (Fsp3) is 0.545. The van der Waals surface area contributed by atoms with Gasteiger partial charge in [-0.1, -0.05) is 0 Å². The zero-order valence-corrected chi connectivity index (χ0v) is 9.79. The first-order valence-electron chi connectivity index (χ1n) is 5.24. The predicted octanol–water partition coefficient (Wildman–Crippen LogP) is 1.65. The maximum atomic E-state index is 11.4. The predicted molar refractivity (Wildman–Crippen MR) is 62.1 cm³/mol. The van der Waals surface area contributed by atoms with Gasteiger partial charge in [0.2, 0.25) is 5.78 Å². The van der Waals surface area contributed by atoms with E-state index in [0.29, 0.717) is 18.4 Å². The smallest absolute Gasteiger partial charge is 0.223 e. The van der Waals surface area contributed by atoms with Gasteiger partial charge in [0.05, 0.1) is 12.9 Å². The minimum atomic E-state index is -0.0991. The molecular formula is C11H16ClNO3. The van der Waals surface area contributed by atoms with E-state index in [4.69, 9.17) is 9.15 Å². The molecule has 1 fully saturated rings. The van der Waals surface area contributed by atoms with Crippen molar-refractivity contribution in [1.29, 1.82) is 0 Å². The van der Waals surface area contributed by atoms with Gasteiger partial charge in [-0.15, -0.1) is 12.4 Å². The van der Waals surface area contributed by atoms with Gasteiger partial charge in [-0.2, -0.15) is 0 Å². The Balaban J connectivity index is 0.00000128. The molecular weight excluding hydrogens is 230 g/mol. The largest absolute Gasteiger partial charge is 0.461 e. The fourth-order valence-corrected chi connectivity index (χ4v) is 1.70. The van der Waals surface area contributed by atoms with Crippen LogP contribution in [-0.4, -0.2) is 31.6 Å². The summed E-state index contributed by atoms with van der Waals surface area (Å²) >= 11 is 0. The molecule has 1 aromatic heterocycles. The molecule has 1 unspecified atom stereocenters. The van der Waals surface area contributed by atoms with Crippen molar-refractivity contribution in [2.75, 3.05) is 19.8 Å². The molecule has 0 bridgehead atoms. The summed E-state index contributed by atoms with van der Waals surface area (Å²) in [5.74, 6) is 0.271. The lowest BCUT2D eigenvalue weighted by Crippen LogP contribution is -2.27. The Morgan fingerprint density at radius 1 is 1.62 bits per heavy atom. The highest BCUT2D eigenvalue weighted by Crippen LogP contribution is 2.06. The van der Waals surface area contributed by atoms with Gasteiger partial charge in [0.25, 0.3) is 0 Å². The lowest BCUT2D eigenvalue weighted by molar-refractivity contribution is 0.0697. The molecule has 0 aromatic carbocycles. The number of nitrogens with one attached hydrogen (secondary N) is 1. The quantitative estimate of drug-likeness (QED) is 0.802. The Morgan fingerprint density at radius 2 is 2.50 bits per heavy atom. The molecule has 2 rings (SSSR count). The van der Waals surface area contributed by atoms with Crippen molar-refractivity contribution in [3.8, 4) is 0 Å². The first-order chi connectivity index (χ1) is 7.36. The van der Waals surface area contributed by atoms with Crippen molar-refractivity contribution in [3.05, 3.63) is 24.2 Å². The van der Waals surface area contributed by atoms with Crippen molar-refractivity contribution in [1.82, 2.24) is 5.32 Å². The molecule has 0 amide bonds. The van der Waals surface area contributed by atoms with E-state index in [1.807, 2.05) is 0 Å². The maximum absolute atomic E-state index is 11.4. The van der Waals surface area contributed by atoms with Crippen LogP contribution in [0, 0.1) is 0 Å². The molecule has 4 nitrogen and oxygen atoms in total. The number of furan rings is 1. The van der Waals surface area contributed by atoms with Crippen LogP contribution in [-0.2, 0) is 4.74 Å². The van der Waals surface area contributed by atoms with Crippen LogP contribution in [0.1, 0.15) is 23.4 Å². The third-order valence-electron chi connectivity index (χ3n) is 2.51. The van der Waals surface area contributed by atoms with Crippen LogP contribution in [0.15, 0.2) is 22.8 Å². The van der Waals surface area contributed by atoms with Crippen molar-refractivity contribution in [2.45, 2.75) is 18.9 Å². The first-order valence-corrected chi connectivity index (χ1v) is 5.24. The molecule has 90 valence electrons.